The molecule has 0 unspecified atom stereocenters. The Balaban J connectivity index is 2.34. The maximum atomic E-state index is 12.7. The van der Waals surface area contributed by atoms with Gasteiger partial charge in [0.2, 0.25) is 0 Å². The third kappa shape index (κ3) is 3.07. The third-order valence-corrected chi connectivity index (χ3v) is 3.28. The van der Waals surface area contributed by atoms with Crippen LogP contribution in [-0.4, -0.2) is 29.8 Å². The van der Waals surface area contributed by atoms with Crippen molar-refractivity contribution in [2.75, 3.05) is 14.2 Å². The van der Waals surface area contributed by atoms with Crippen molar-refractivity contribution < 1.29 is 14.3 Å². The van der Waals surface area contributed by atoms with Gasteiger partial charge in [0.25, 0.3) is 0 Å². The second-order valence-electron chi connectivity index (χ2n) is 5.01. The summed E-state index contributed by atoms with van der Waals surface area (Å²) in [4.78, 5) is 12.7. The van der Waals surface area contributed by atoms with Gasteiger partial charge in [-0.15, -0.1) is 0 Å². The van der Waals surface area contributed by atoms with Crippen LogP contribution in [0, 0.1) is 0 Å². The Morgan fingerprint density at radius 3 is 2.48 bits per heavy atom. The van der Waals surface area contributed by atoms with E-state index in [1.807, 2.05) is 38.1 Å². The Morgan fingerprint density at radius 2 is 1.86 bits per heavy atom. The molecule has 0 spiro atoms. The van der Waals surface area contributed by atoms with Crippen LogP contribution in [0.3, 0.4) is 0 Å². The van der Waals surface area contributed by atoms with Gasteiger partial charge in [0.15, 0.2) is 11.5 Å². The summed E-state index contributed by atoms with van der Waals surface area (Å²) >= 11 is 0. The molecule has 0 bridgehead atoms. The number of para-hydroxylation sites is 1. The first-order valence-corrected chi connectivity index (χ1v) is 6.85. The second-order valence-corrected chi connectivity index (χ2v) is 5.01. The zero-order valence-electron chi connectivity index (χ0n) is 12.8. The van der Waals surface area contributed by atoms with Gasteiger partial charge < -0.3 is 9.47 Å². The molecule has 0 saturated carbocycles. The lowest BCUT2D eigenvalue weighted by Gasteiger charge is -2.12. The van der Waals surface area contributed by atoms with E-state index in [2.05, 4.69) is 5.10 Å². The fourth-order valence-electron chi connectivity index (χ4n) is 2.26. The van der Waals surface area contributed by atoms with Gasteiger partial charge in [0, 0.05) is 18.0 Å². The average molecular weight is 288 g/mol. The summed E-state index contributed by atoms with van der Waals surface area (Å²) in [5.74, 6) is 1.17. The van der Waals surface area contributed by atoms with Crippen LogP contribution in [0.25, 0.3) is 0 Å². The summed E-state index contributed by atoms with van der Waals surface area (Å²) in [6, 6.07) is 7.60. The maximum absolute atomic E-state index is 12.7. The first kappa shape index (κ1) is 15.1. The highest BCUT2D eigenvalue weighted by Gasteiger charge is 2.22. The molecular formula is C16H20N2O3. The Bertz CT molecular complexity index is 632. The van der Waals surface area contributed by atoms with Crippen molar-refractivity contribution >= 4 is 5.78 Å². The van der Waals surface area contributed by atoms with Crippen LogP contribution in [0.4, 0.5) is 0 Å². The summed E-state index contributed by atoms with van der Waals surface area (Å²) in [7, 11) is 3.14. The predicted molar refractivity (Wildman–Crippen MR) is 80.2 cm³/mol. The summed E-state index contributed by atoms with van der Waals surface area (Å²) in [6.45, 7) is 3.96. The van der Waals surface area contributed by atoms with E-state index in [1.165, 1.54) is 0 Å². The SMILES string of the molecule is COc1ccccc1CC(=O)c1c(OC)cnn1C(C)C. The minimum atomic E-state index is -0.0393. The molecular weight excluding hydrogens is 268 g/mol. The molecule has 0 fully saturated rings. The summed E-state index contributed by atoms with van der Waals surface area (Å²) in [6.07, 6.45) is 1.83. The summed E-state index contributed by atoms with van der Waals surface area (Å²) in [5, 5.41) is 4.23. The lowest BCUT2D eigenvalue weighted by Crippen LogP contribution is -2.15. The molecule has 0 amide bonds. The van der Waals surface area contributed by atoms with E-state index in [4.69, 9.17) is 9.47 Å². The Kier molecular flexibility index (Phi) is 4.62. The van der Waals surface area contributed by atoms with Gasteiger partial charge in [0.1, 0.15) is 11.4 Å². The van der Waals surface area contributed by atoms with Crippen molar-refractivity contribution in [2.45, 2.75) is 26.3 Å². The maximum Gasteiger partial charge on any atom is 0.189 e. The molecule has 2 aromatic rings. The molecule has 0 N–H and O–H groups in total. The molecule has 1 aromatic heterocycles. The highest BCUT2D eigenvalue weighted by molar-refractivity contribution is 5.98. The first-order valence-electron chi connectivity index (χ1n) is 6.85. The molecule has 5 nitrogen and oxygen atoms in total. The molecule has 5 heteroatoms. The molecule has 0 aliphatic carbocycles. The van der Waals surface area contributed by atoms with E-state index in [0.717, 1.165) is 5.56 Å². The third-order valence-electron chi connectivity index (χ3n) is 3.28. The number of ether oxygens (including phenoxy) is 2. The van der Waals surface area contributed by atoms with Crippen molar-refractivity contribution in [2.24, 2.45) is 0 Å². The zero-order valence-corrected chi connectivity index (χ0v) is 12.8. The number of hydrogen-bond acceptors (Lipinski definition) is 4. The number of ketones is 1. The minimum absolute atomic E-state index is 0.0393. The first-order chi connectivity index (χ1) is 10.1. The van der Waals surface area contributed by atoms with Crippen molar-refractivity contribution in [3.05, 3.63) is 41.7 Å². The number of methoxy groups -OCH3 is 2. The molecule has 2 rings (SSSR count). The molecule has 0 atom stereocenters. The lowest BCUT2D eigenvalue weighted by atomic mass is 10.1. The Morgan fingerprint density at radius 1 is 1.19 bits per heavy atom. The second kappa shape index (κ2) is 6.43. The van der Waals surface area contributed by atoms with Gasteiger partial charge in [0.05, 0.1) is 20.4 Å². The zero-order chi connectivity index (χ0) is 15.4. The highest BCUT2D eigenvalue weighted by atomic mass is 16.5. The van der Waals surface area contributed by atoms with E-state index in [-0.39, 0.29) is 18.2 Å². The van der Waals surface area contributed by atoms with Crippen LogP contribution >= 0.6 is 0 Å². The Hall–Kier alpha value is -2.30. The summed E-state index contributed by atoms with van der Waals surface area (Å²) in [5.41, 5.74) is 1.35. The molecule has 0 aliphatic rings. The van der Waals surface area contributed by atoms with Crippen LogP contribution in [0.15, 0.2) is 30.5 Å². The number of rotatable bonds is 6. The van der Waals surface area contributed by atoms with Gasteiger partial charge in [-0.25, -0.2) is 0 Å². The number of benzene rings is 1. The van der Waals surface area contributed by atoms with E-state index >= 15 is 0 Å². The highest BCUT2D eigenvalue weighted by Crippen LogP contribution is 2.25. The molecule has 0 saturated heterocycles. The number of aromatic nitrogens is 2. The van der Waals surface area contributed by atoms with Crippen LogP contribution in [0.5, 0.6) is 11.5 Å². The van der Waals surface area contributed by atoms with Crippen molar-refractivity contribution in [3.8, 4) is 11.5 Å². The van der Waals surface area contributed by atoms with E-state index in [1.54, 1.807) is 25.1 Å². The van der Waals surface area contributed by atoms with Gasteiger partial charge in [-0.2, -0.15) is 5.10 Å². The van der Waals surface area contributed by atoms with Gasteiger partial charge in [-0.3, -0.25) is 9.48 Å². The molecule has 112 valence electrons. The minimum Gasteiger partial charge on any atom is -0.496 e. The standard InChI is InChI=1S/C16H20N2O3/c1-11(2)18-16(15(21-4)10-17-18)13(19)9-12-7-5-6-8-14(12)20-3/h5-8,10-11H,9H2,1-4H3. The number of carbonyl (C=O) groups excluding carboxylic acids is 1. The molecule has 1 aromatic carbocycles. The predicted octanol–water partition coefficient (Wildman–Crippen LogP) is 2.91. The molecule has 1 heterocycles. The lowest BCUT2D eigenvalue weighted by molar-refractivity contribution is 0.0976. The van der Waals surface area contributed by atoms with Crippen LogP contribution < -0.4 is 9.47 Å². The molecule has 0 radical (unpaired) electrons. The fraction of sp³-hybridized carbons (Fsp3) is 0.375. The monoisotopic (exact) mass is 288 g/mol. The van der Waals surface area contributed by atoms with E-state index in [0.29, 0.717) is 17.2 Å². The normalized spacial score (nSPS) is 10.7. The molecule has 0 aliphatic heterocycles. The number of nitrogens with zero attached hydrogens (tertiary/aromatic N) is 2. The van der Waals surface area contributed by atoms with Gasteiger partial charge in [-0.1, -0.05) is 18.2 Å². The van der Waals surface area contributed by atoms with Crippen LogP contribution in [0.1, 0.15) is 35.9 Å². The largest absolute Gasteiger partial charge is 0.496 e. The number of carbonyl (C=O) groups is 1. The average Bonchev–Trinajstić information content (AvgIpc) is 2.92. The summed E-state index contributed by atoms with van der Waals surface area (Å²) < 4.78 is 12.2. The van der Waals surface area contributed by atoms with Crippen LogP contribution in [-0.2, 0) is 6.42 Å². The number of Topliss-reactive ketones (excluding diaryl/α,β-unsaturated/α-hetero) is 1. The molecule has 21 heavy (non-hydrogen) atoms. The van der Waals surface area contributed by atoms with Gasteiger partial charge >= 0.3 is 0 Å². The van der Waals surface area contributed by atoms with Crippen molar-refractivity contribution in [1.82, 2.24) is 9.78 Å². The number of hydrogen-bond donors (Lipinski definition) is 0. The topological polar surface area (TPSA) is 53.4 Å². The quantitative estimate of drug-likeness (QED) is 0.767. The van der Waals surface area contributed by atoms with Gasteiger partial charge in [-0.05, 0) is 19.9 Å². The van der Waals surface area contributed by atoms with E-state index in [9.17, 15) is 4.79 Å². The van der Waals surface area contributed by atoms with Crippen molar-refractivity contribution in [1.29, 1.82) is 0 Å². The van der Waals surface area contributed by atoms with Crippen molar-refractivity contribution in [3.63, 3.8) is 0 Å². The fourth-order valence-corrected chi connectivity index (χ4v) is 2.26. The Labute approximate surface area is 124 Å². The van der Waals surface area contributed by atoms with Crippen LogP contribution in [0.2, 0.25) is 0 Å². The smallest absolute Gasteiger partial charge is 0.189 e. The van der Waals surface area contributed by atoms with E-state index < -0.39 is 0 Å².